The zero-order valence-corrected chi connectivity index (χ0v) is 13.8. The molecule has 3 aromatic rings. The Balaban J connectivity index is 1.84. The molecule has 3 rings (SSSR count). The van der Waals surface area contributed by atoms with Crippen LogP contribution in [0.15, 0.2) is 40.8 Å². The summed E-state index contributed by atoms with van der Waals surface area (Å²) >= 11 is 0. The summed E-state index contributed by atoms with van der Waals surface area (Å²) in [6.45, 7) is 1.92. The fourth-order valence-electron chi connectivity index (χ4n) is 2.27. The highest BCUT2D eigenvalue weighted by molar-refractivity contribution is 5.94. The molecule has 2 N–H and O–H groups in total. The quantitative estimate of drug-likeness (QED) is 0.617. The number of aromatic carboxylic acids is 1. The number of carboxylic acid groups (broad SMARTS) is 1. The van der Waals surface area contributed by atoms with Crippen molar-refractivity contribution in [1.29, 1.82) is 0 Å². The summed E-state index contributed by atoms with van der Waals surface area (Å²) in [6, 6.07) is 9.81. The van der Waals surface area contributed by atoms with Gasteiger partial charge in [-0.25, -0.2) is 9.59 Å². The number of hydrogen-bond acceptors (Lipinski definition) is 7. The van der Waals surface area contributed by atoms with Crippen molar-refractivity contribution in [3.8, 4) is 17.0 Å². The second kappa shape index (κ2) is 7.51. The van der Waals surface area contributed by atoms with Crippen molar-refractivity contribution in [3.63, 3.8) is 0 Å². The van der Waals surface area contributed by atoms with E-state index in [1.807, 2.05) is 0 Å². The molecule has 0 spiro atoms. The number of para-hydroxylation sites is 1. The lowest BCUT2D eigenvalue weighted by atomic mass is 10.1. The maximum Gasteiger partial charge on any atom is 0.371 e. The third kappa shape index (κ3) is 3.56. The van der Waals surface area contributed by atoms with Crippen LogP contribution in [0.4, 0.5) is 0 Å². The minimum absolute atomic E-state index is 0.0108. The summed E-state index contributed by atoms with van der Waals surface area (Å²) in [5, 5.41) is 19.2. The van der Waals surface area contributed by atoms with Crippen LogP contribution >= 0.6 is 0 Å². The van der Waals surface area contributed by atoms with Crippen molar-refractivity contribution in [2.24, 2.45) is 0 Å². The molecule has 0 aliphatic heterocycles. The molecule has 134 valence electrons. The summed E-state index contributed by atoms with van der Waals surface area (Å²) in [4.78, 5) is 22.9. The minimum Gasteiger partial charge on any atom is -0.485 e. The smallest absolute Gasteiger partial charge is 0.371 e. The first-order chi connectivity index (χ1) is 12.6. The largest absolute Gasteiger partial charge is 0.485 e. The Morgan fingerprint density at radius 1 is 1.19 bits per heavy atom. The number of ether oxygens (including phenoxy) is 2. The summed E-state index contributed by atoms with van der Waals surface area (Å²) < 4.78 is 15.8. The van der Waals surface area contributed by atoms with Gasteiger partial charge < -0.3 is 19.0 Å². The van der Waals surface area contributed by atoms with Gasteiger partial charge >= 0.3 is 11.9 Å². The molecule has 0 saturated carbocycles. The molecule has 0 unspecified atom stereocenters. The van der Waals surface area contributed by atoms with Crippen LogP contribution in [0.5, 0.6) is 5.75 Å². The summed E-state index contributed by atoms with van der Waals surface area (Å²) in [7, 11) is 0. The normalized spacial score (nSPS) is 10.5. The molecule has 1 aromatic carbocycles. The molecule has 0 saturated heterocycles. The monoisotopic (exact) mass is 357 g/mol. The Morgan fingerprint density at radius 2 is 2.00 bits per heavy atom. The molecule has 0 radical (unpaired) electrons. The molecule has 0 aliphatic carbocycles. The van der Waals surface area contributed by atoms with Gasteiger partial charge in [-0.2, -0.15) is 10.3 Å². The maximum atomic E-state index is 12.0. The van der Waals surface area contributed by atoms with E-state index in [1.54, 1.807) is 31.2 Å². The van der Waals surface area contributed by atoms with Crippen molar-refractivity contribution in [3.05, 3.63) is 53.6 Å². The van der Waals surface area contributed by atoms with Crippen LogP contribution in [0.1, 0.15) is 33.7 Å². The van der Waals surface area contributed by atoms with Crippen molar-refractivity contribution >= 4 is 11.9 Å². The lowest BCUT2D eigenvalue weighted by Crippen LogP contribution is -2.07. The number of carbonyl (C=O) groups is 2. The number of rotatable bonds is 7. The van der Waals surface area contributed by atoms with E-state index in [0.29, 0.717) is 22.8 Å². The van der Waals surface area contributed by atoms with Gasteiger partial charge in [0.25, 0.3) is 0 Å². The van der Waals surface area contributed by atoms with Crippen LogP contribution in [0.3, 0.4) is 0 Å². The maximum absolute atomic E-state index is 12.0. The van der Waals surface area contributed by atoms with Crippen LogP contribution in [-0.2, 0) is 11.3 Å². The standard InChI is InChI=1S/C17H15N3O6/c1-2-24-17(23)15-14(18-20-19-15)11-5-3-4-6-12(11)25-9-10-7-8-13(26-10)16(21)22/h3-8H,2,9H2,1H3,(H,21,22)(H,18,19,20). The number of carbonyl (C=O) groups excluding carboxylic acids is 1. The van der Waals surface area contributed by atoms with Crippen LogP contribution in [0, 0.1) is 0 Å². The van der Waals surface area contributed by atoms with Crippen LogP contribution in [0.25, 0.3) is 11.3 Å². The number of esters is 1. The highest BCUT2D eigenvalue weighted by Gasteiger charge is 2.21. The van der Waals surface area contributed by atoms with Gasteiger partial charge in [0.15, 0.2) is 5.69 Å². The first kappa shape index (κ1) is 17.2. The van der Waals surface area contributed by atoms with Gasteiger partial charge in [0.2, 0.25) is 5.76 Å². The average molecular weight is 357 g/mol. The Morgan fingerprint density at radius 3 is 2.73 bits per heavy atom. The fourth-order valence-corrected chi connectivity index (χ4v) is 2.27. The fraction of sp³-hybridized carbons (Fsp3) is 0.176. The molecule has 0 fully saturated rings. The molecular weight excluding hydrogens is 342 g/mol. The first-order valence-corrected chi connectivity index (χ1v) is 7.72. The second-order valence-electron chi connectivity index (χ2n) is 5.10. The third-order valence-electron chi connectivity index (χ3n) is 3.40. The van der Waals surface area contributed by atoms with Gasteiger partial charge in [0, 0.05) is 5.56 Å². The van der Waals surface area contributed by atoms with E-state index in [0.717, 1.165) is 0 Å². The number of nitrogens with one attached hydrogen (secondary N) is 1. The first-order valence-electron chi connectivity index (χ1n) is 7.72. The van der Waals surface area contributed by atoms with E-state index in [2.05, 4.69) is 15.4 Å². The van der Waals surface area contributed by atoms with E-state index in [1.165, 1.54) is 12.1 Å². The highest BCUT2D eigenvalue weighted by Crippen LogP contribution is 2.31. The Hall–Kier alpha value is -3.62. The number of hydrogen-bond donors (Lipinski definition) is 2. The second-order valence-corrected chi connectivity index (χ2v) is 5.10. The van der Waals surface area contributed by atoms with E-state index in [9.17, 15) is 9.59 Å². The highest BCUT2D eigenvalue weighted by atomic mass is 16.5. The summed E-state index contributed by atoms with van der Waals surface area (Å²) in [5.74, 6) is -1.14. The number of aromatic nitrogens is 3. The average Bonchev–Trinajstić information content (AvgIpc) is 3.30. The van der Waals surface area contributed by atoms with Crippen LogP contribution in [-0.4, -0.2) is 39.1 Å². The summed E-state index contributed by atoms with van der Waals surface area (Å²) in [5.41, 5.74) is 0.882. The van der Waals surface area contributed by atoms with Gasteiger partial charge in [-0.05, 0) is 31.2 Å². The molecule has 0 bridgehead atoms. The van der Waals surface area contributed by atoms with Gasteiger partial charge in [0.1, 0.15) is 23.8 Å². The molecule has 9 nitrogen and oxygen atoms in total. The van der Waals surface area contributed by atoms with E-state index < -0.39 is 11.9 Å². The minimum atomic E-state index is -1.15. The van der Waals surface area contributed by atoms with Crippen molar-refractivity contribution in [1.82, 2.24) is 15.4 Å². The third-order valence-corrected chi connectivity index (χ3v) is 3.40. The molecule has 2 aromatic heterocycles. The predicted molar refractivity (Wildman–Crippen MR) is 87.8 cm³/mol. The van der Waals surface area contributed by atoms with E-state index in [-0.39, 0.29) is 24.7 Å². The van der Waals surface area contributed by atoms with E-state index >= 15 is 0 Å². The zero-order valence-electron chi connectivity index (χ0n) is 13.8. The summed E-state index contributed by atoms with van der Waals surface area (Å²) in [6.07, 6.45) is 0. The lowest BCUT2D eigenvalue weighted by molar-refractivity contribution is 0.0519. The molecule has 0 amide bonds. The van der Waals surface area contributed by atoms with E-state index in [4.69, 9.17) is 19.0 Å². The van der Waals surface area contributed by atoms with Gasteiger partial charge in [0.05, 0.1) is 6.61 Å². The Labute approximate surface area is 147 Å². The number of furan rings is 1. The number of aromatic amines is 1. The topological polar surface area (TPSA) is 128 Å². The SMILES string of the molecule is CCOC(=O)c1n[nH]nc1-c1ccccc1OCc1ccc(C(=O)O)o1. The molecule has 26 heavy (non-hydrogen) atoms. The molecule has 9 heteroatoms. The Bertz CT molecular complexity index is 930. The molecule has 0 aliphatic rings. The van der Waals surface area contributed by atoms with Crippen molar-refractivity contribution in [2.75, 3.05) is 6.61 Å². The molecule has 2 heterocycles. The van der Waals surface area contributed by atoms with Crippen LogP contribution in [0.2, 0.25) is 0 Å². The lowest BCUT2D eigenvalue weighted by Gasteiger charge is -2.09. The van der Waals surface area contributed by atoms with Crippen molar-refractivity contribution < 1.29 is 28.6 Å². The van der Waals surface area contributed by atoms with Gasteiger partial charge in [-0.1, -0.05) is 12.1 Å². The number of carboxylic acids is 1. The van der Waals surface area contributed by atoms with Gasteiger partial charge in [-0.15, -0.1) is 5.10 Å². The van der Waals surface area contributed by atoms with Crippen LogP contribution < -0.4 is 4.74 Å². The predicted octanol–water partition coefficient (Wildman–Crippen LogP) is 2.52. The number of benzene rings is 1. The van der Waals surface area contributed by atoms with Gasteiger partial charge in [-0.3, -0.25) is 0 Å². The zero-order chi connectivity index (χ0) is 18.5. The Kier molecular flexibility index (Phi) is 4.97. The number of nitrogens with zero attached hydrogens (tertiary/aromatic N) is 2. The molecule has 0 atom stereocenters. The number of H-pyrrole nitrogens is 1. The molecular formula is C17H15N3O6. The van der Waals surface area contributed by atoms with Crippen molar-refractivity contribution in [2.45, 2.75) is 13.5 Å².